The predicted molar refractivity (Wildman–Crippen MR) is 91.7 cm³/mol. The largest absolute Gasteiger partial charge is 0.420 e. The summed E-state index contributed by atoms with van der Waals surface area (Å²) in [5.74, 6) is -0.437. The highest BCUT2D eigenvalue weighted by Crippen LogP contribution is 2.52. The zero-order valence-electron chi connectivity index (χ0n) is 14.5. The minimum Gasteiger partial charge on any atom is -0.408 e. The Morgan fingerprint density at radius 2 is 2.00 bits per heavy atom. The van der Waals surface area contributed by atoms with Gasteiger partial charge >= 0.3 is 5.76 Å². The topological polar surface area (TPSA) is 55.5 Å². The van der Waals surface area contributed by atoms with Gasteiger partial charge in [0.25, 0.3) is 0 Å². The maximum Gasteiger partial charge on any atom is 0.420 e. The van der Waals surface area contributed by atoms with Gasteiger partial charge in [0.05, 0.1) is 5.52 Å². The third-order valence-corrected chi connectivity index (χ3v) is 5.60. The first-order valence-electron chi connectivity index (χ1n) is 8.64. The van der Waals surface area contributed by atoms with Crippen molar-refractivity contribution in [1.29, 1.82) is 0 Å². The van der Waals surface area contributed by atoms with E-state index in [1.165, 1.54) is 4.57 Å². The van der Waals surface area contributed by atoms with Gasteiger partial charge in [0.1, 0.15) is 6.54 Å². The minimum absolute atomic E-state index is 0.0232. The monoisotopic (exact) mass is 328 g/mol. The van der Waals surface area contributed by atoms with Gasteiger partial charge in [-0.05, 0) is 42.2 Å². The lowest BCUT2D eigenvalue weighted by atomic mass is 9.65. The SMILES string of the molecule is CC1(C)CC2CC(C)(CN2C(=O)Cn2c(=O)oc3ccccc32)C1. The third kappa shape index (κ3) is 2.46. The normalized spacial score (nSPS) is 28.5. The molecule has 0 radical (unpaired) electrons. The lowest BCUT2D eigenvalue weighted by molar-refractivity contribution is -0.133. The molecule has 1 aliphatic carbocycles. The molecule has 128 valence electrons. The van der Waals surface area contributed by atoms with Gasteiger partial charge < -0.3 is 9.32 Å². The summed E-state index contributed by atoms with van der Waals surface area (Å²) in [6.45, 7) is 7.72. The number of carbonyl (C=O) groups excluding carboxylic acids is 1. The summed E-state index contributed by atoms with van der Waals surface area (Å²) in [6.07, 6.45) is 3.26. The van der Waals surface area contributed by atoms with Gasteiger partial charge in [-0.25, -0.2) is 4.79 Å². The first-order valence-corrected chi connectivity index (χ1v) is 8.64. The number of hydrogen-bond acceptors (Lipinski definition) is 3. The molecule has 2 bridgehead atoms. The molecule has 2 heterocycles. The fourth-order valence-corrected chi connectivity index (χ4v) is 5.14. The summed E-state index contributed by atoms with van der Waals surface area (Å²) in [7, 11) is 0. The summed E-state index contributed by atoms with van der Waals surface area (Å²) in [4.78, 5) is 27.0. The fraction of sp³-hybridized carbons (Fsp3) is 0.579. The number of likely N-dealkylation sites (tertiary alicyclic amines) is 1. The number of amides is 1. The van der Waals surface area contributed by atoms with E-state index in [4.69, 9.17) is 4.42 Å². The van der Waals surface area contributed by atoms with Crippen LogP contribution in [0.5, 0.6) is 0 Å². The smallest absolute Gasteiger partial charge is 0.408 e. The first kappa shape index (κ1) is 15.5. The molecule has 2 aliphatic rings. The van der Waals surface area contributed by atoms with E-state index in [1.54, 1.807) is 6.07 Å². The lowest BCUT2D eigenvalue weighted by Gasteiger charge is -2.39. The summed E-state index contributed by atoms with van der Waals surface area (Å²) in [5.41, 5.74) is 1.69. The molecule has 1 amide bonds. The number of oxazole rings is 1. The molecule has 4 rings (SSSR count). The molecule has 1 aliphatic heterocycles. The Hall–Kier alpha value is -2.04. The van der Waals surface area contributed by atoms with E-state index < -0.39 is 5.76 Å². The van der Waals surface area contributed by atoms with Crippen LogP contribution in [0.2, 0.25) is 0 Å². The first-order chi connectivity index (χ1) is 11.3. The number of aromatic nitrogens is 1. The summed E-state index contributed by atoms with van der Waals surface area (Å²) in [6, 6.07) is 7.54. The Balaban J connectivity index is 1.61. The van der Waals surface area contributed by atoms with Crippen LogP contribution in [-0.2, 0) is 11.3 Å². The van der Waals surface area contributed by atoms with Crippen LogP contribution < -0.4 is 5.76 Å². The number of fused-ring (bicyclic) bond motifs is 3. The van der Waals surface area contributed by atoms with Gasteiger partial charge in [0.2, 0.25) is 5.91 Å². The fourth-order valence-electron chi connectivity index (χ4n) is 5.14. The second-order valence-corrected chi connectivity index (χ2v) is 8.66. The molecule has 5 nitrogen and oxygen atoms in total. The molecule has 24 heavy (non-hydrogen) atoms. The lowest BCUT2D eigenvalue weighted by Crippen LogP contribution is -2.40. The van der Waals surface area contributed by atoms with E-state index >= 15 is 0 Å². The van der Waals surface area contributed by atoms with Crippen LogP contribution in [0.1, 0.15) is 40.0 Å². The minimum atomic E-state index is -0.460. The maximum absolute atomic E-state index is 12.9. The van der Waals surface area contributed by atoms with Crippen LogP contribution in [0.15, 0.2) is 33.5 Å². The molecule has 1 saturated heterocycles. The summed E-state index contributed by atoms with van der Waals surface area (Å²) >= 11 is 0. The molecule has 2 fully saturated rings. The van der Waals surface area contributed by atoms with Gasteiger partial charge in [-0.3, -0.25) is 9.36 Å². The molecular weight excluding hydrogens is 304 g/mol. The third-order valence-electron chi connectivity index (χ3n) is 5.60. The Kier molecular flexibility index (Phi) is 3.21. The van der Waals surface area contributed by atoms with E-state index in [9.17, 15) is 9.59 Å². The number of hydrogen-bond donors (Lipinski definition) is 0. The van der Waals surface area contributed by atoms with Crippen molar-refractivity contribution in [2.75, 3.05) is 6.54 Å². The zero-order valence-corrected chi connectivity index (χ0v) is 14.5. The second-order valence-electron chi connectivity index (χ2n) is 8.66. The molecule has 2 atom stereocenters. The van der Waals surface area contributed by atoms with E-state index in [0.29, 0.717) is 17.1 Å². The van der Waals surface area contributed by atoms with Crippen molar-refractivity contribution in [3.63, 3.8) is 0 Å². The van der Waals surface area contributed by atoms with E-state index in [0.717, 1.165) is 25.8 Å². The highest BCUT2D eigenvalue weighted by molar-refractivity contribution is 5.80. The van der Waals surface area contributed by atoms with Gasteiger partial charge in [-0.1, -0.05) is 32.9 Å². The Morgan fingerprint density at radius 1 is 1.25 bits per heavy atom. The second kappa shape index (κ2) is 4.98. The van der Waals surface area contributed by atoms with E-state index in [2.05, 4.69) is 20.8 Å². The van der Waals surface area contributed by atoms with E-state index in [1.807, 2.05) is 23.1 Å². The molecule has 0 spiro atoms. The highest BCUT2D eigenvalue weighted by atomic mass is 16.4. The van der Waals surface area contributed by atoms with Gasteiger partial charge in [0.15, 0.2) is 5.58 Å². The molecule has 1 aromatic heterocycles. The molecule has 1 saturated carbocycles. The van der Waals surface area contributed by atoms with Crippen molar-refractivity contribution >= 4 is 17.0 Å². The molecule has 2 unspecified atom stereocenters. The molecular formula is C19H24N2O3. The molecule has 1 aromatic carbocycles. The van der Waals surface area contributed by atoms with Crippen LogP contribution in [-0.4, -0.2) is 28.0 Å². The molecule has 5 heteroatoms. The summed E-state index contributed by atoms with van der Waals surface area (Å²) < 4.78 is 6.69. The quantitative estimate of drug-likeness (QED) is 0.851. The van der Waals surface area contributed by atoms with E-state index in [-0.39, 0.29) is 23.3 Å². The van der Waals surface area contributed by atoms with Gasteiger partial charge in [0, 0.05) is 12.6 Å². The van der Waals surface area contributed by atoms with Crippen molar-refractivity contribution in [3.05, 3.63) is 34.8 Å². The zero-order chi connectivity index (χ0) is 17.1. The van der Waals surface area contributed by atoms with Crippen LogP contribution in [0, 0.1) is 10.8 Å². The highest BCUT2D eigenvalue weighted by Gasteiger charge is 2.50. The van der Waals surface area contributed by atoms with Crippen molar-refractivity contribution in [2.45, 2.75) is 52.6 Å². The molecule has 2 aromatic rings. The van der Waals surface area contributed by atoms with Gasteiger partial charge in [-0.15, -0.1) is 0 Å². The van der Waals surface area contributed by atoms with Crippen LogP contribution >= 0.6 is 0 Å². The Bertz CT molecular complexity index is 863. The van der Waals surface area contributed by atoms with Crippen LogP contribution in [0.4, 0.5) is 0 Å². The average Bonchev–Trinajstić information content (AvgIpc) is 2.92. The van der Waals surface area contributed by atoms with Crippen molar-refractivity contribution in [1.82, 2.24) is 9.47 Å². The van der Waals surface area contributed by atoms with Crippen molar-refractivity contribution in [2.24, 2.45) is 10.8 Å². The Labute approximate surface area is 141 Å². The van der Waals surface area contributed by atoms with Crippen molar-refractivity contribution < 1.29 is 9.21 Å². The van der Waals surface area contributed by atoms with Crippen LogP contribution in [0.25, 0.3) is 11.1 Å². The maximum atomic E-state index is 12.9. The van der Waals surface area contributed by atoms with Crippen molar-refractivity contribution in [3.8, 4) is 0 Å². The number of carbonyl (C=O) groups is 1. The number of para-hydroxylation sites is 2. The summed E-state index contributed by atoms with van der Waals surface area (Å²) in [5, 5.41) is 0. The number of nitrogens with zero attached hydrogens (tertiary/aromatic N) is 2. The van der Waals surface area contributed by atoms with Crippen LogP contribution in [0.3, 0.4) is 0 Å². The molecule has 0 N–H and O–H groups in total. The Morgan fingerprint density at radius 3 is 2.79 bits per heavy atom. The number of rotatable bonds is 2. The standard InChI is InChI=1S/C19H24N2O3/c1-18(2)8-13-9-19(3,11-18)12-21(13)16(22)10-20-14-6-4-5-7-15(14)24-17(20)23/h4-7,13H,8-12H2,1-3H3. The number of benzene rings is 1. The average molecular weight is 328 g/mol. The van der Waals surface area contributed by atoms with Gasteiger partial charge in [-0.2, -0.15) is 0 Å². The predicted octanol–water partition coefficient (Wildman–Crippen LogP) is 3.02.